The van der Waals surface area contributed by atoms with Crippen molar-refractivity contribution in [1.82, 2.24) is 10.2 Å². The minimum absolute atomic E-state index is 0.0153. The third-order valence-electron chi connectivity index (χ3n) is 5.57. The van der Waals surface area contributed by atoms with E-state index in [0.29, 0.717) is 17.5 Å². The van der Waals surface area contributed by atoms with Crippen molar-refractivity contribution in [3.8, 4) is 5.75 Å². The number of carbonyl (C=O) groups is 1. The molecule has 0 saturated heterocycles. The van der Waals surface area contributed by atoms with Crippen molar-refractivity contribution in [2.45, 2.75) is 22.6 Å². The van der Waals surface area contributed by atoms with Crippen molar-refractivity contribution >= 4 is 35.1 Å². The van der Waals surface area contributed by atoms with E-state index in [9.17, 15) is 4.79 Å². The molecule has 0 fully saturated rings. The van der Waals surface area contributed by atoms with E-state index in [1.165, 1.54) is 11.8 Å². The molecule has 1 amide bonds. The minimum atomic E-state index is -0.0254. The van der Waals surface area contributed by atoms with Gasteiger partial charge in [-0.2, -0.15) is 0 Å². The Kier molecular flexibility index (Phi) is 6.87. The first-order chi connectivity index (χ1) is 16.7. The van der Waals surface area contributed by atoms with Gasteiger partial charge in [-0.05, 0) is 35.4 Å². The zero-order valence-electron chi connectivity index (χ0n) is 18.6. The fourth-order valence-corrected chi connectivity index (χ4v) is 5.70. The zero-order valence-corrected chi connectivity index (χ0v) is 20.2. The summed E-state index contributed by atoms with van der Waals surface area (Å²) < 4.78 is 11.0. The third kappa shape index (κ3) is 4.98. The Labute approximate surface area is 206 Å². The maximum absolute atomic E-state index is 13.5. The molecule has 34 heavy (non-hydrogen) atoms. The number of nitrogens with zero attached hydrogens (tertiary/aromatic N) is 3. The summed E-state index contributed by atoms with van der Waals surface area (Å²) in [5, 5.41) is 8.67. The Hall–Kier alpha value is -3.23. The molecular weight excluding hydrogens is 466 g/mol. The van der Waals surface area contributed by atoms with Crippen LogP contribution < -0.4 is 9.64 Å². The number of aromatic nitrogens is 2. The van der Waals surface area contributed by atoms with Crippen LogP contribution in [0.3, 0.4) is 0 Å². The van der Waals surface area contributed by atoms with Gasteiger partial charge in [0.15, 0.2) is 0 Å². The highest BCUT2D eigenvalue weighted by Gasteiger charge is 2.32. The molecule has 6 nitrogen and oxygen atoms in total. The molecule has 4 aromatic rings. The molecule has 0 saturated carbocycles. The summed E-state index contributed by atoms with van der Waals surface area (Å²) in [6, 6.07) is 26.0. The van der Waals surface area contributed by atoms with Gasteiger partial charge in [-0.3, -0.25) is 4.79 Å². The molecule has 0 aliphatic carbocycles. The Bertz CT molecular complexity index is 1260. The molecule has 0 spiro atoms. The molecular formula is C26H23N3O3S2. The highest BCUT2D eigenvalue weighted by Crippen LogP contribution is 2.43. The van der Waals surface area contributed by atoms with Crippen LogP contribution in [0.25, 0.3) is 0 Å². The van der Waals surface area contributed by atoms with Crippen LogP contribution in [0.4, 0.5) is 5.69 Å². The number of ether oxygens (including phenoxy) is 1. The topological polar surface area (TPSA) is 68.5 Å². The SMILES string of the molecule is COc1ccc(Cc2nnc(SCC(=O)N3c4ccccc4SC[C@@H]3c3ccccc3)o2)cc1. The number of benzene rings is 3. The van der Waals surface area contributed by atoms with Gasteiger partial charge in [0.25, 0.3) is 5.22 Å². The molecule has 3 aromatic carbocycles. The van der Waals surface area contributed by atoms with Crippen LogP contribution >= 0.6 is 23.5 Å². The Balaban J connectivity index is 1.29. The van der Waals surface area contributed by atoms with Gasteiger partial charge in [0.05, 0.1) is 31.0 Å². The molecule has 8 heteroatoms. The Morgan fingerprint density at radius 2 is 1.82 bits per heavy atom. The van der Waals surface area contributed by atoms with Gasteiger partial charge in [-0.1, -0.05) is 66.4 Å². The van der Waals surface area contributed by atoms with Gasteiger partial charge in [0.1, 0.15) is 5.75 Å². The van der Waals surface area contributed by atoms with Gasteiger partial charge in [0, 0.05) is 10.6 Å². The van der Waals surface area contributed by atoms with Crippen molar-refractivity contribution in [2.24, 2.45) is 0 Å². The summed E-state index contributed by atoms with van der Waals surface area (Å²) in [5.41, 5.74) is 3.12. The maximum Gasteiger partial charge on any atom is 0.277 e. The standard InChI is InChI=1S/C26H23N3O3S2/c1-31-20-13-11-18(12-14-20)15-24-27-28-26(32-24)34-17-25(30)29-21-9-5-6-10-23(21)33-16-22(29)19-7-3-2-4-8-19/h2-14,22H,15-17H2,1H3/t22-/m1/s1. The first-order valence-corrected chi connectivity index (χ1v) is 12.9. The van der Waals surface area contributed by atoms with Gasteiger partial charge < -0.3 is 14.1 Å². The molecule has 1 aliphatic rings. The predicted octanol–water partition coefficient (Wildman–Crippen LogP) is 5.64. The minimum Gasteiger partial charge on any atom is -0.497 e. The largest absolute Gasteiger partial charge is 0.497 e. The maximum atomic E-state index is 13.5. The van der Waals surface area contributed by atoms with Crippen LogP contribution in [0.5, 0.6) is 5.75 Å². The summed E-state index contributed by atoms with van der Waals surface area (Å²) >= 11 is 3.06. The first-order valence-electron chi connectivity index (χ1n) is 10.9. The molecule has 0 N–H and O–H groups in total. The molecule has 1 atom stereocenters. The van der Waals surface area contributed by atoms with Crippen molar-refractivity contribution in [1.29, 1.82) is 0 Å². The lowest BCUT2D eigenvalue weighted by atomic mass is 10.1. The number of rotatable bonds is 7. The van der Waals surface area contributed by atoms with E-state index in [-0.39, 0.29) is 17.7 Å². The highest BCUT2D eigenvalue weighted by atomic mass is 32.2. The number of anilines is 1. The Morgan fingerprint density at radius 1 is 1.06 bits per heavy atom. The Morgan fingerprint density at radius 3 is 2.62 bits per heavy atom. The zero-order chi connectivity index (χ0) is 23.3. The average molecular weight is 490 g/mol. The number of hydrogen-bond acceptors (Lipinski definition) is 7. The molecule has 2 heterocycles. The number of fused-ring (bicyclic) bond motifs is 1. The molecule has 5 rings (SSSR count). The lowest BCUT2D eigenvalue weighted by molar-refractivity contribution is -0.116. The van der Waals surface area contributed by atoms with Crippen LogP contribution in [0, 0.1) is 0 Å². The molecule has 0 radical (unpaired) electrons. The second-order valence-electron chi connectivity index (χ2n) is 7.74. The normalized spacial score (nSPS) is 15.1. The van der Waals surface area contributed by atoms with Gasteiger partial charge in [-0.15, -0.1) is 22.0 Å². The predicted molar refractivity (Wildman–Crippen MR) is 135 cm³/mol. The van der Waals surface area contributed by atoms with E-state index in [1.54, 1.807) is 18.9 Å². The summed E-state index contributed by atoms with van der Waals surface area (Å²) in [5.74, 6) is 2.36. The molecule has 0 bridgehead atoms. The van der Waals surface area contributed by atoms with Gasteiger partial charge in [-0.25, -0.2) is 0 Å². The third-order valence-corrected chi connectivity index (χ3v) is 7.51. The van der Waals surface area contributed by atoms with E-state index in [0.717, 1.165) is 33.2 Å². The molecule has 0 unspecified atom stereocenters. The molecule has 1 aliphatic heterocycles. The van der Waals surface area contributed by atoms with Crippen LogP contribution in [-0.4, -0.2) is 34.7 Å². The lowest BCUT2D eigenvalue weighted by Gasteiger charge is -2.37. The van der Waals surface area contributed by atoms with Crippen molar-refractivity contribution < 1.29 is 13.9 Å². The first kappa shape index (κ1) is 22.6. The number of carbonyl (C=O) groups excluding carboxylic acids is 1. The second-order valence-corrected chi connectivity index (χ2v) is 9.73. The van der Waals surface area contributed by atoms with Crippen LogP contribution in [0.15, 0.2) is 93.4 Å². The average Bonchev–Trinajstić information content (AvgIpc) is 3.34. The lowest BCUT2D eigenvalue weighted by Crippen LogP contribution is -2.39. The van der Waals surface area contributed by atoms with E-state index >= 15 is 0 Å². The molecule has 1 aromatic heterocycles. The number of para-hydroxylation sites is 1. The highest BCUT2D eigenvalue weighted by molar-refractivity contribution is 8.00. The fourth-order valence-electron chi connectivity index (χ4n) is 3.90. The second kappa shape index (κ2) is 10.4. The van der Waals surface area contributed by atoms with Crippen LogP contribution in [0.2, 0.25) is 0 Å². The van der Waals surface area contributed by atoms with Crippen LogP contribution in [-0.2, 0) is 11.2 Å². The van der Waals surface area contributed by atoms with Crippen molar-refractivity contribution in [2.75, 3.05) is 23.5 Å². The number of amides is 1. The number of methoxy groups -OCH3 is 1. The summed E-state index contributed by atoms with van der Waals surface area (Å²) in [7, 11) is 1.64. The summed E-state index contributed by atoms with van der Waals surface area (Å²) in [6.45, 7) is 0. The number of thioether (sulfide) groups is 2. The van der Waals surface area contributed by atoms with Crippen LogP contribution in [0.1, 0.15) is 23.1 Å². The quantitative estimate of drug-likeness (QED) is 0.311. The smallest absolute Gasteiger partial charge is 0.277 e. The van der Waals surface area contributed by atoms with E-state index in [2.05, 4.69) is 28.4 Å². The van der Waals surface area contributed by atoms with E-state index in [1.807, 2.05) is 65.6 Å². The van der Waals surface area contributed by atoms with Gasteiger partial charge >= 0.3 is 0 Å². The van der Waals surface area contributed by atoms with E-state index < -0.39 is 0 Å². The fraction of sp³-hybridized carbons (Fsp3) is 0.192. The van der Waals surface area contributed by atoms with Crippen molar-refractivity contribution in [3.05, 3.63) is 95.9 Å². The van der Waals surface area contributed by atoms with Crippen molar-refractivity contribution in [3.63, 3.8) is 0 Å². The van der Waals surface area contributed by atoms with E-state index in [4.69, 9.17) is 9.15 Å². The van der Waals surface area contributed by atoms with Gasteiger partial charge in [0.2, 0.25) is 11.8 Å². The summed E-state index contributed by atoms with van der Waals surface area (Å²) in [4.78, 5) is 16.5. The number of hydrogen-bond donors (Lipinski definition) is 0. The monoisotopic (exact) mass is 489 g/mol. The molecule has 172 valence electrons. The summed E-state index contributed by atoms with van der Waals surface area (Å²) in [6.07, 6.45) is 0.526.